The Kier molecular flexibility index (Phi) is 7.46. The number of ether oxygens (including phenoxy) is 2. The molecule has 0 saturated carbocycles. The maximum Gasteiger partial charge on any atom is 0.305 e. The number of methoxy groups -OCH3 is 1. The van der Waals surface area contributed by atoms with Gasteiger partial charge in [-0.3, -0.25) is 14.5 Å². The topological polar surface area (TPSA) is 55.8 Å². The number of hydrogen-bond donors (Lipinski definition) is 0. The van der Waals surface area contributed by atoms with E-state index >= 15 is 0 Å². The van der Waals surface area contributed by atoms with Crippen LogP contribution in [-0.4, -0.2) is 41.4 Å². The first-order valence-electron chi connectivity index (χ1n) is 8.10. The molecule has 1 aromatic rings. The van der Waals surface area contributed by atoms with Crippen molar-refractivity contribution in [1.29, 1.82) is 0 Å². The minimum atomic E-state index is -0.237. The summed E-state index contributed by atoms with van der Waals surface area (Å²) in [7, 11) is 1.60. The highest BCUT2D eigenvalue weighted by Crippen LogP contribution is 2.33. The first-order chi connectivity index (χ1) is 12.0. The summed E-state index contributed by atoms with van der Waals surface area (Å²) in [5.41, 5.74) is 0.878. The van der Waals surface area contributed by atoms with Crippen LogP contribution in [0, 0.1) is 0 Å². The lowest BCUT2D eigenvalue weighted by molar-refractivity contribution is -0.144. The van der Waals surface area contributed by atoms with E-state index in [2.05, 4.69) is 0 Å². The fourth-order valence-electron chi connectivity index (χ4n) is 2.25. The van der Waals surface area contributed by atoms with E-state index in [4.69, 9.17) is 21.7 Å². The van der Waals surface area contributed by atoms with Gasteiger partial charge in [0.2, 0.25) is 0 Å². The van der Waals surface area contributed by atoms with Crippen molar-refractivity contribution in [3.63, 3.8) is 0 Å². The van der Waals surface area contributed by atoms with Gasteiger partial charge in [0.15, 0.2) is 0 Å². The second-order valence-electron chi connectivity index (χ2n) is 5.43. The average Bonchev–Trinajstić information content (AvgIpc) is 2.87. The summed E-state index contributed by atoms with van der Waals surface area (Å²) in [6.45, 7) is 2.80. The molecule has 1 heterocycles. The highest BCUT2D eigenvalue weighted by molar-refractivity contribution is 8.26. The van der Waals surface area contributed by atoms with Gasteiger partial charge in [0, 0.05) is 13.0 Å². The van der Waals surface area contributed by atoms with E-state index in [9.17, 15) is 9.59 Å². The first-order valence-corrected chi connectivity index (χ1v) is 9.32. The van der Waals surface area contributed by atoms with Crippen LogP contribution in [0.15, 0.2) is 29.2 Å². The van der Waals surface area contributed by atoms with Crippen LogP contribution in [0.5, 0.6) is 5.75 Å². The third-order valence-electron chi connectivity index (χ3n) is 3.49. The minimum absolute atomic E-state index is 0.125. The molecule has 1 aliphatic heterocycles. The van der Waals surface area contributed by atoms with Crippen LogP contribution < -0.4 is 4.74 Å². The quantitative estimate of drug-likeness (QED) is 0.391. The number of thiocarbonyl (C=S) groups is 1. The molecule has 25 heavy (non-hydrogen) atoms. The predicted molar refractivity (Wildman–Crippen MR) is 103 cm³/mol. The smallest absolute Gasteiger partial charge is 0.305 e. The number of amides is 1. The van der Waals surface area contributed by atoms with E-state index in [-0.39, 0.29) is 18.3 Å². The van der Waals surface area contributed by atoms with Gasteiger partial charge in [-0.2, -0.15) is 0 Å². The van der Waals surface area contributed by atoms with E-state index in [0.717, 1.165) is 17.7 Å². The number of carbonyl (C=O) groups excluding carboxylic acids is 2. The molecule has 0 unspecified atom stereocenters. The van der Waals surface area contributed by atoms with Gasteiger partial charge in [-0.05, 0) is 36.6 Å². The maximum absolute atomic E-state index is 12.5. The van der Waals surface area contributed by atoms with Gasteiger partial charge >= 0.3 is 5.97 Å². The summed E-state index contributed by atoms with van der Waals surface area (Å²) < 4.78 is 10.7. The largest absolute Gasteiger partial charge is 0.497 e. The number of carbonyl (C=O) groups is 2. The second kappa shape index (κ2) is 9.58. The molecule has 0 aliphatic carbocycles. The number of esters is 1. The highest BCUT2D eigenvalue weighted by atomic mass is 32.2. The van der Waals surface area contributed by atoms with Crippen LogP contribution in [0.4, 0.5) is 0 Å². The SMILES string of the molecule is CCCOC(=O)CCCN1C(=O)/C(=C/c2cccc(OC)c2)SC1=S. The second-order valence-corrected chi connectivity index (χ2v) is 7.11. The van der Waals surface area contributed by atoms with Crippen molar-refractivity contribution in [2.45, 2.75) is 26.2 Å². The van der Waals surface area contributed by atoms with Crippen molar-refractivity contribution < 1.29 is 19.1 Å². The molecule has 0 radical (unpaired) electrons. The molecule has 0 atom stereocenters. The summed E-state index contributed by atoms with van der Waals surface area (Å²) in [4.78, 5) is 26.2. The predicted octanol–water partition coefficient (Wildman–Crippen LogP) is 3.63. The minimum Gasteiger partial charge on any atom is -0.497 e. The lowest BCUT2D eigenvalue weighted by atomic mass is 10.2. The van der Waals surface area contributed by atoms with Gasteiger partial charge < -0.3 is 9.47 Å². The third-order valence-corrected chi connectivity index (χ3v) is 4.87. The molecule has 2 rings (SSSR count). The van der Waals surface area contributed by atoms with Crippen molar-refractivity contribution in [2.75, 3.05) is 20.3 Å². The van der Waals surface area contributed by atoms with E-state index in [1.54, 1.807) is 18.1 Å². The lowest BCUT2D eigenvalue weighted by Crippen LogP contribution is -2.29. The van der Waals surface area contributed by atoms with Gasteiger partial charge in [0.1, 0.15) is 10.1 Å². The number of nitrogens with zero attached hydrogens (tertiary/aromatic N) is 1. The molecule has 0 aromatic heterocycles. The van der Waals surface area contributed by atoms with E-state index < -0.39 is 0 Å². The molecule has 134 valence electrons. The molecule has 0 N–H and O–H groups in total. The molecule has 7 heteroatoms. The van der Waals surface area contributed by atoms with Crippen molar-refractivity contribution in [3.8, 4) is 5.75 Å². The van der Waals surface area contributed by atoms with Gasteiger partial charge in [-0.25, -0.2) is 0 Å². The Morgan fingerprint density at radius 2 is 2.20 bits per heavy atom. The molecule has 1 aromatic carbocycles. The molecule has 1 saturated heterocycles. The zero-order chi connectivity index (χ0) is 18.2. The monoisotopic (exact) mass is 379 g/mol. The van der Waals surface area contributed by atoms with Gasteiger partial charge in [0.05, 0.1) is 18.6 Å². The van der Waals surface area contributed by atoms with Crippen molar-refractivity contribution >= 4 is 46.3 Å². The van der Waals surface area contributed by atoms with Crippen LogP contribution >= 0.6 is 24.0 Å². The summed E-state index contributed by atoms with van der Waals surface area (Å²) in [6, 6.07) is 7.47. The van der Waals surface area contributed by atoms with Crippen molar-refractivity contribution in [2.24, 2.45) is 0 Å². The Morgan fingerprint density at radius 3 is 2.92 bits per heavy atom. The average molecular weight is 380 g/mol. The molecule has 1 amide bonds. The van der Waals surface area contributed by atoms with Gasteiger partial charge in [-0.15, -0.1) is 0 Å². The summed E-state index contributed by atoms with van der Waals surface area (Å²) in [5.74, 6) is 0.369. The van der Waals surface area contributed by atoms with Crippen LogP contribution in [-0.2, 0) is 14.3 Å². The molecule has 1 aliphatic rings. The first kappa shape index (κ1) is 19.5. The zero-order valence-corrected chi connectivity index (χ0v) is 16.0. The molecule has 5 nitrogen and oxygen atoms in total. The zero-order valence-electron chi connectivity index (χ0n) is 14.3. The highest BCUT2D eigenvalue weighted by Gasteiger charge is 2.31. The van der Waals surface area contributed by atoms with E-state index in [1.807, 2.05) is 31.2 Å². The molecular formula is C18H21NO4S2. The Bertz CT molecular complexity index is 687. The van der Waals surface area contributed by atoms with Gasteiger partial charge in [-0.1, -0.05) is 43.0 Å². The number of thioether (sulfide) groups is 1. The van der Waals surface area contributed by atoms with Crippen molar-refractivity contribution in [1.82, 2.24) is 4.90 Å². The Morgan fingerprint density at radius 1 is 1.40 bits per heavy atom. The molecule has 1 fully saturated rings. The summed E-state index contributed by atoms with van der Waals surface area (Å²) in [5, 5.41) is 0. The van der Waals surface area contributed by atoms with Crippen molar-refractivity contribution in [3.05, 3.63) is 34.7 Å². The summed E-state index contributed by atoms with van der Waals surface area (Å²) >= 11 is 6.57. The Labute approximate surface area is 157 Å². The van der Waals surface area contributed by atoms with E-state index in [0.29, 0.717) is 28.8 Å². The number of benzene rings is 1. The molecule has 0 spiro atoms. The van der Waals surface area contributed by atoms with E-state index in [1.165, 1.54) is 11.8 Å². The van der Waals surface area contributed by atoms with Crippen LogP contribution in [0.25, 0.3) is 6.08 Å². The number of rotatable bonds is 8. The lowest BCUT2D eigenvalue weighted by Gasteiger charge is -2.13. The van der Waals surface area contributed by atoms with Crippen LogP contribution in [0.3, 0.4) is 0 Å². The standard InChI is InChI=1S/C18H21NO4S2/c1-3-10-23-16(20)8-5-9-19-17(21)15(25-18(19)24)12-13-6-4-7-14(11-13)22-2/h4,6-7,11-12H,3,5,8-10H2,1-2H3/b15-12-. The summed E-state index contributed by atoms with van der Waals surface area (Å²) in [6.07, 6.45) is 3.42. The molecular weight excluding hydrogens is 358 g/mol. The fraction of sp³-hybridized carbons (Fsp3) is 0.389. The Hall–Kier alpha value is -1.86. The van der Waals surface area contributed by atoms with Crippen LogP contribution in [0.2, 0.25) is 0 Å². The van der Waals surface area contributed by atoms with Crippen LogP contribution in [0.1, 0.15) is 31.7 Å². The maximum atomic E-state index is 12.5. The van der Waals surface area contributed by atoms with Gasteiger partial charge in [0.25, 0.3) is 5.91 Å². The third kappa shape index (κ3) is 5.57. The number of hydrogen-bond acceptors (Lipinski definition) is 6. The molecule has 0 bridgehead atoms. The fourth-order valence-corrected chi connectivity index (χ4v) is 3.55. The Balaban J connectivity index is 1.95. The normalized spacial score (nSPS) is 15.8.